The van der Waals surface area contributed by atoms with Gasteiger partial charge in [-0.2, -0.15) is 0 Å². The normalized spacial score (nSPS) is 21.2. The number of benzene rings is 1. The van der Waals surface area contributed by atoms with E-state index in [4.69, 9.17) is 0 Å². The largest absolute Gasteiger partial charge is 0.315 e. The highest BCUT2D eigenvalue weighted by Gasteiger charge is 2.20. The van der Waals surface area contributed by atoms with Crippen LogP contribution in [0.15, 0.2) is 29.1 Å². The van der Waals surface area contributed by atoms with Gasteiger partial charge in [0.05, 0.1) is 16.1 Å². The first kappa shape index (κ1) is 9.12. The van der Waals surface area contributed by atoms with Crippen LogP contribution < -0.4 is 10.9 Å². The summed E-state index contributed by atoms with van der Waals surface area (Å²) in [6.07, 6.45) is 1.06. The van der Waals surface area contributed by atoms with Crippen molar-refractivity contribution in [2.24, 2.45) is 0 Å². The minimum Gasteiger partial charge on any atom is -0.315 e. The van der Waals surface area contributed by atoms with E-state index >= 15 is 0 Å². The number of fused-ring (bicyclic) bond motifs is 1. The average Bonchev–Trinajstić information content (AvgIpc) is 2.87. The van der Waals surface area contributed by atoms with Gasteiger partial charge in [-0.3, -0.25) is 8.75 Å². The van der Waals surface area contributed by atoms with E-state index in [1.165, 1.54) is 0 Å². The molecule has 2 aromatic rings. The van der Waals surface area contributed by atoms with Crippen molar-refractivity contribution < 1.29 is 0 Å². The fourth-order valence-corrected chi connectivity index (χ4v) is 3.18. The lowest BCUT2D eigenvalue weighted by Crippen LogP contribution is -2.20. The first-order valence-electron chi connectivity index (χ1n) is 5.17. The Morgan fingerprint density at radius 3 is 3.00 bits per heavy atom. The Labute approximate surface area is 91.5 Å². The predicted octanol–water partition coefficient (Wildman–Crippen LogP) is 1.60. The van der Waals surface area contributed by atoms with Gasteiger partial charge in [0.2, 0.25) is 0 Å². The molecular weight excluding hydrogens is 208 g/mol. The van der Waals surface area contributed by atoms with E-state index in [0.29, 0.717) is 6.04 Å². The Bertz CT molecular complexity index is 537. The third kappa shape index (κ3) is 1.41. The molecule has 1 aliphatic heterocycles. The number of nitrogens with zero attached hydrogens (tertiary/aromatic N) is 1. The maximum atomic E-state index is 12.1. The molecule has 1 unspecified atom stereocenters. The second-order valence-electron chi connectivity index (χ2n) is 3.87. The summed E-state index contributed by atoms with van der Waals surface area (Å²) in [5.41, 5.74) is 0.171. The highest BCUT2D eigenvalue weighted by atomic mass is 32.1. The van der Waals surface area contributed by atoms with Gasteiger partial charge in [-0.1, -0.05) is 23.7 Å². The van der Waals surface area contributed by atoms with Crippen molar-refractivity contribution in [2.45, 2.75) is 12.5 Å². The molecule has 4 heteroatoms. The van der Waals surface area contributed by atoms with E-state index in [2.05, 4.69) is 5.32 Å². The van der Waals surface area contributed by atoms with Gasteiger partial charge in [-0.25, -0.2) is 0 Å². The maximum Gasteiger partial charge on any atom is 0.268 e. The van der Waals surface area contributed by atoms with Crippen LogP contribution in [0.1, 0.15) is 12.5 Å². The van der Waals surface area contributed by atoms with Crippen LogP contribution in [0.2, 0.25) is 0 Å². The summed E-state index contributed by atoms with van der Waals surface area (Å²) in [5.74, 6) is 0. The van der Waals surface area contributed by atoms with Gasteiger partial charge in [0.1, 0.15) is 0 Å². The second kappa shape index (κ2) is 3.47. The number of rotatable bonds is 1. The molecule has 0 radical (unpaired) electrons. The first-order chi connectivity index (χ1) is 7.36. The van der Waals surface area contributed by atoms with Gasteiger partial charge in [-0.15, -0.1) is 0 Å². The summed E-state index contributed by atoms with van der Waals surface area (Å²) in [6, 6.07) is 8.19. The summed E-state index contributed by atoms with van der Waals surface area (Å²) in [5, 5.41) is 4.15. The zero-order valence-electron chi connectivity index (χ0n) is 8.27. The molecule has 2 heterocycles. The van der Waals surface area contributed by atoms with E-state index in [0.717, 1.165) is 29.6 Å². The summed E-state index contributed by atoms with van der Waals surface area (Å²) in [7, 11) is 0. The fourth-order valence-electron chi connectivity index (χ4n) is 2.07. The highest BCUT2D eigenvalue weighted by molar-refractivity contribution is 7.13. The first-order valence-corrected chi connectivity index (χ1v) is 5.95. The standard InChI is InChI=1S/C11H12N2OS/c14-11-9-3-1-2-4-10(9)15-13(11)8-5-6-12-7-8/h1-4,8,12H,5-7H2. The van der Waals surface area contributed by atoms with Gasteiger partial charge >= 0.3 is 0 Å². The lowest BCUT2D eigenvalue weighted by Gasteiger charge is -2.06. The zero-order chi connectivity index (χ0) is 10.3. The van der Waals surface area contributed by atoms with Crippen molar-refractivity contribution in [2.75, 3.05) is 13.1 Å². The van der Waals surface area contributed by atoms with Crippen LogP contribution in [0.3, 0.4) is 0 Å². The van der Waals surface area contributed by atoms with E-state index in [9.17, 15) is 4.79 Å². The molecule has 0 spiro atoms. The molecule has 3 nitrogen and oxygen atoms in total. The van der Waals surface area contributed by atoms with Gasteiger partial charge in [0, 0.05) is 6.54 Å². The zero-order valence-corrected chi connectivity index (χ0v) is 9.09. The Morgan fingerprint density at radius 1 is 1.40 bits per heavy atom. The number of aromatic nitrogens is 1. The number of hydrogen-bond acceptors (Lipinski definition) is 3. The summed E-state index contributed by atoms with van der Waals surface area (Å²) in [6.45, 7) is 1.94. The van der Waals surface area contributed by atoms with Crippen molar-refractivity contribution >= 4 is 21.6 Å². The smallest absolute Gasteiger partial charge is 0.268 e. The van der Waals surface area contributed by atoms with Crippen LogP contribution in [0, 0.1) is 0 Å². The van der Waals surface area contributed by atoms with Crippen LogP contribution in [0.5, 0.6) is 0 Å². The van der Waals surface area contributed by atoms with Gasteiger partial charge < -0.3 is 5.32 Å². The summed E-state index contributed by atoms with van der Waals surface area (Å²) < 4.78 is 3.01. The Morgan fingerprint density at radius 2 is 2.27 bits per heavy atom. The monoisotopic (exact) mass is 220 g/mol. The van der Waals surface area contributed by atoms with Gasteiger partial charge in [0.15, 0.2) is 0 Å². The molecule has 1 N–H and O–H groups in total. The SMILES string of the molecule is O=c1c2ccccc2sn1C1CCNC1. The number of hydrogen-bond donors (Lipinski definition) is 1. The van der Waals surface area contributed by atoms with Crippen LogP contribution in [0.25, 0.3) is 10.1 Å². The molecule has 0 saturated carbocycles. The minimum atomic E-state index is 0.171. The molecule has 1 aromatic heterocycles. The van der Waals surface area contributed by atoms with E-state index in [-0.39, 0.29) is 5.56 Å². The minimum absolute atomic E-state index is 0.171. The van der Waals surface area contributed by atoms with E-state index in [1.807, 2.05) is 28.2 Å². The molecule has 3 rings (SSSR count). The van der Waals surface area contributed by atoms with Gasteiger partial charge in [0.25, 0.3) is 5.56 Å². The molecule has 0 aliphatic carbocycles. The molecule has 15 heavy (non-hydrogen) atoms. The average molecular weight is 220 g/mol. The highest BCUT2D eigenvalue weighted by Crippen LogP contribution is 2.22. The molecule has 1 atom stereocenters. The topological polar surface area (TPSA) is 34.0 Å². The summed E-state index contributed by atoms with van der Waals surface area (Å²) >= 11 is 1.59. The van der Waals surface area contributed by atoms with Crippen LogP contribution in [-0.2, 0) is 0 Å². The van der Waals surface area contributed by atoms with Crippen LogP contribution in [0.4, 0.5) is 0 Å². The van der Waals surface area contributed by atoms with Gasteiger partial charge in [-0.05, 0) is 25.1 Å². The van der Waals surface area contributed by atoms with E-state index < -0.39 is 0 Å². The number of nitrogens with one attached hydrogen (secondary N) is 1. The molecule has 0 amide bonds. The van der Waals surface area contributed by atoms with Crippen LogP contribution in [-0.4, -0.2) is 17.0 Å². The van der Waals surface area contributed by atoms with Crippen molar-refractivity contribution in [1.82, 2.24) is 9.27 Å². The molecule has 1 fully saturated rings. The Balaban J connectivity index is 2.19. The Kier molecular flexibility index (Phi) is 2.11. The lowest BCUT2D eigenvalue weighted by molar-refractivity contribution is 0.577. The van der Waals surface area contributed by atoms with E-state index in [1.54, 1.807) is 11.5 Å². The predicted molar refractivity (Wildman–Crippen MR) is 62.6 cm³/mol. The molecule has 1 aliphatic rings. The molecular formula is C11H12N2OS. The van der Waals surface area contributed by atoms with Crippen LogP contribution >= 0.6 is 11.5 Å². The quantitative estimate of drug-likeness (QED) is 0.792. The Hall–Kier alpha value is -1.13. The fraction of sp³-hybridized carbons (Fsp3) is 0.364. The lowest BCUT2D eigenvalue weighted by atomic mass is 10.2. The third-order valence-electron chi connectivity index (χ3n) is 2.88. The molecule has 1 saturated heterocycles. The molecule has 1 aromatic carbocycles. The maximum absolute atomic E-state index is 12.1. The molecule has 78 valence electrons. The van der Waals surface area contributed by atoms with Crippen molar-refractivity contribution in [1.29, 1.82) is 0 Å². The van der Waals surface area contributed by atoms with Crippen molar-refractivity contribution in [3.8, 4) is 0 Å². The third-order valence-corrected chi connectivity index (χ3v) is 4.09. The molecule has 0 bridgehead atoms. The van der Waals surface area contributed by atoms with Crippen molar-refractivity contribution in [3.63, 3.8) is 0 Å². The second-order valence-corrected chi connectivity index (χ2v) is 4.88. The van der Waals surface area contributed by atoms with Crippen molar-refractivity contribution in [3.05, 3.63) is 34.6 Å². The summed E-state index contributed by atoms with van der Waals surface area (Å²) in [4.78, 5) is 12.1.